The Balaban J connectivity index is 2.90. The molecule has 96 valence electrons. The number of rotatable bonds is 5. The number of hydrogen-bond donors (Lipinski definition) is 3. The summed E-state index contributed by atoms with van der Waals surface area (Å²) in [6.07, 6.45) is 0. The van der Waals surface area contributed by atoms with Gasteiger partial charge in [0.15, 0.2) is 0 Å². The van der Waals surface area contributed by atoms with Gasteiger partial charge in [-0.3, -0.25) is 0 Å². The molecule has 1 atom stereocenters. The fourth-order valence-corrected chi connectivity index (χ4v) is 1.32. The highest BCUT2D eigenvalue weighted by Gasteiger charge is 2.11. The summed E-state index contributed by atoms with van der Waals surface area (Å²) in [5.41, 5.74) is 6.72. The lowest BCUT2D eigenvalue weighted by Crippen LogP contribution is -2.17. The minimum atomic E-state index is 0.156. The molecule has 0 radical (unpaired) electrons. The molecule has 0 fully saturated rings. The molecule has 0 bridgehead atoms. The van der Waals surface area contributed by atoms with Crippen molar-refractivity contribution < 1.29 is 5.11 Å². The summed E-state index contributed by atoms with van der Waals surface area (Å²) in [5.74, 6) is 2.46. The summed E-state index contributed by atoms with van der Waals surface area (Å²) in [6.45, 7) is 8.76. The summed E-state index contributed by atoms with van der Waals surface area (Å²) in [5, 5.41) is 12.2. The van der Waals surface area contributed by atoms with Crippen molar-refractivity contribution in [3.8, 4) is 0 Å². The predicted molar refractivity (Wildman–Crippen MR) is 70.0 cm³/mol. The van der Waals surface area contributed by atoms with Crippen LogP contribution in [0.2, 0.25) is 0 Å². The number of aromatic nitrogens is 2. The highest BCUT2D eigenvalue weighted by Crippen LogP contribution is 2.20. The summed E-state index contributed by atoms with van der Waals surface area (Å²) in [7, 11) is 0. The Labute approximate surface area is 102 Å². The van der Waals surface area contributed by atoms with Crippen LogP contribution in [-0.4, -0.2) is 28.2 Å². The van der Waals surface area contributed by atoms with E-state index in [4.69, 9.17) is 10.8 Å². The maximum atomic E-state index is 8.98. The lowest BCUT2D eigenvalue weighted by Gasteiger charge is -2.15. The van der Waals surface area contributed by atoms with Gasteiger partial charge >= 0.3 is 0 Å². The normalized spacial score (nSPS) is 12.8. The first-order valence-electron chi connectivity index (χ1n) is 5.94. The SMILES string of the molecule is Cc1c(N)nc(C(C)C)nc1NCC(C)CO. The van der Waals surface area contributed by atoms with Gasteiger partial charge in [-0.15, -0.1) is 0 Å². The number of aliphatic hydroxyl groups is 1. The number of aliphatic hydroxyl groups excluding tert-OH is 1. The molecule has 0 spiro atoms. The molecule has 0 amide bonds. The molecule has 0 aliphatic heterocycles. The van der Waals surface area contributed by atoms with Crippen LogP contribution in [0.5, 0.6) is 0 Å². The fraction of sp³-hybridized carbons (Fsp3) is 0.667. The van der Waals surface area contributed by atoms with E-state index in [1.807, 2.05) is 27.7 Å². The first kappa shape index (κ1) is 13.7. The topological polar surface area (TPSA) is 84.1 Å². The van der Waals surface area contributed by atoms with Crippen molar-refractivity contribution in [2.24, 2.45) is 5.92 Å². The maximum absolute atomic E-state index is 8.98. The van der Waals surface area contributed by atoms with Crippen LogP contribution >= 0.6 is 0 Å². The minimum absolute atomic E-state index is 0.156. The van der Waals surface area contributed by atoms with E-state index in [-0.39, 0.29) is 18.4 Å². The highest BCUT2D eigenvalue weighted by molar-refractivity contribution is 5.54. The van der Waals surface area contributed by atoms with Crippen molar-refractivity contribution in [2.75, 3.05) is 24.2 Å². The number of hydrogen-bond acceptors (Lipinski definition) is 5. The number of nitrogens with one attached hydrogen (secondary N) is 1. The largest absolute Gasteiger partial charge is 0.396 e. The van der Waals surface area contributed by atoms with E-state index in [9.17, 15) is 0 Å². The summed E-state index contributed by atoms with van der Waals surface area (Å²) >= 11 is 0. The number of nitrogens with zero attached hydrogens (tertiary/aromatic N) is 2. The Morgan fingerprint density at radius 2 is 1.94 bits per heavy atom. The standard InChI is InChI=1S/C12H22N4O/c1-7(2)11-15-10(13)9(4)12(16-11)14-5-8(3)6-17/h7-8,17H,5-6H2,1-4H3,(H3,13,14,15,16). The van der Waals surface area contributed by atoms with Crippen molar-refractivity contribution in [3.05, 3.63) is 11.4 Å². The zero-order valence-electron chi connectivity index (χ0n) is 11.0. The van der Waals surface area contributed by atoms with Crippen molar-refractivity contribution >= 4 is 11.6 Å². The molecule has 1 heterocycles. The number of nitrogen functional groups attached to an aromatic ring is 1. The second kappa shape index (κ2) is 5.82. The molecular weight excluding hydrogens is 216 g/mol. The summed E-state index contributed by atoms with van der Waals surface area (Å²) in [4.78, 5) is 8.71. The van der Waals surface area contributed by atoms with Gasteiger partial charge in [-0.05, 0) is 12.8 Å². The van der Waals surface area contributed by atoms with Crippen LogP contribution in [0.25, 0.3) is 0 Å². The first-order chi connectivity index (χ1) is 7.95. The Kier molecular flexibility index (Phi) is 4.69. The van der Waals surface area contributed by atoms with E-state index in [2.05, 4.69) is 15.3 Å². The van der Waals surface area contributed by atoms with Gasteiger partial charge in [-0.2, -0.15) is 0 Å². The van der Waals surface area contributed by atoms with Crippen LogP contribution in [0.15, 0.2) is 0 Å². The zero-order valence-corrected chi connectivity index (χ0v) is 11.0. The summed E-state index contributed by atoms with van der Waals surface area (Å²) < 4.78 is 0. The van der Waals surface area contributed by atoms with Gasteiger partial charge in [0.1, 0.15) is 17.5 Å². The van der Waals surface area contributed by atoms with Crippen molar-refractivity contribution in [2.45, 2.75) is 33.6 Å². The van der Waals surface area contributed by atoms with Crippen molar-refractivity contribution in [3.63, 3.8) is 0 Å². The lowest BCUT2D eigenvalue weighted by atomic mass is 10.2. The van der Waals surface area contributed by atoms with Crippen LogP contribution in [0.3, 0.4) is 0 Å². The van der Waals surface area contributed by atoms with Crippen LogP contribution < -0.4 is 11.1 Å². The average molecular weight is 238 g/mol. The third-order valence-corrected chi connectivity index (χ3v) is 2.65. The van der Waals surface area contributed by atoms with Gasteiger partial charge < -0.3 is 16.2 Å². The highest BCUT2D eigenvalue weighted by atomic mass is 16.3. The lowest BCUT2D eigenvalue weighted by molar-refractivity contribution is 0.244. The monoisotopic (exact) mass is 238 g/mol. The second-order valence-corrected chi connectivity index (χ2v) is 4.76. The molecule has 1 unspecified atom stereocenters. The van der Waals surface area contributed by atoms with E-state index in [1.54, 1.807) is 0 Å². The molecular formula is C12H22N4O. The Morgan fingerprint density at radius 3 is 2.47 bits per heavy atom. The van der Waals surface area contributed by atoms with E-state index < -0.39 is 0 Å². The molecule has 0 saturated heterocycles. The van der Waals surface area contributed by atoms with Gasteiger partial charge in [-0.25, -0.2) is 9.97 Å². The number of anilines is 2. The Hall–Kier alpha value is -1.36. The third-order valence-electron chi connectivity index (χ3n) is 2.65. The molecule has 5 nitrogen and oxygen atoms in total. The van der Waals surface area contributed by atoms with Gasteiger partial charge in [0, 0.05) is 24.6 Å². The molecule has 1 rings (SSSR count). The number of nitrogens with two attached hydrogens (primary N) is 1. The first-order valence-corrected chi connectivity index (χ1v) is 5.94. The van der Waals surface area contributed by atoms with Gasteiger partial charge in [0.05, 0.1) is 0 Å². The van der Waals surface area contributed by atoms with Gasteiger partial charge in [0.2, 0.25) is 0 Å². The molecule has 17 heavy (non-hydrogen) atoms. The van der Waals surface area contributed by atoms with E-state index in [0.717, 1.165) is 17.2 Å². The Bertz CT molecular complexity index is 379. The molecule has 0 saturated carbocycles. The Morgan fingerprint density at radius 1 is 1.29 bits per heavy atom. The maximum Gasteiger partial charge on any atom is 0.135 e. The van der Waals surface area contributed by atoms with Crippen LogP contribution in [0.1, 0.15) is 38.1 Å². The molecule has 1 aromatic rings. The second-order valence-electron chi connectivity index (χ2n) is 4.76. The van der Waals surface area contributed by atoms with Crippen LogP contribution in [0, 0.1) is 12.8 Å². The van der Waals surface area contributed by atoms with E-state index in [0.29, 0.717) is 12.4 Å². The molecule has 5 heteroatoms. The predicted octanol–water partition coefficient (Wildman–Crippen LogP) is 1.53. The smallest absolute Gasteiger partial charge is 0.135 e. The van der Waals surface area contributed by atoms with Crippen LogP contribution in [-0.2, 0) is 0 Å². The fourth-order valence-electron chi connectivity index (χ4n) is 1.32. The van der Waals surface area contributed by atoms with E-state index in [1.165, 1.54) is 0 Å². The molecule has 4 N–H and O–H groups in total. The molecule has 0 aromatic carbocycles. The van der Waals surface area contributed by atoms with Crippen LogP contribution in [0.4, 0.5) is 11.6 Å². The third kappa shape index (κ3) is 3.56. The average Bonchev–Trinajstić information content (AvgIpc) is 2.30. The van der Waals surface area contributed by atoms with Crippen molar-refractivity contribution in [1.82, 2.24) is 9.97 Å². The summed E-state index contributed by atoms with van der Waals surface area (Å²) in [6, 6.07) is 0. The zero-order chi connectivity index (χ0) is 13.0. The van der Waals surface area contributed by atoms with E-state index >= 15 is 0 Å². The molecule has 0 aliphatic carbocycles. The quantitative estimate of drug-likeness (QED) is 0.724. The molecule has 0 aliphatic rings. The van der Waals surface area contributed by atoms with Gasteiger partial charge in [-0.1, -0.05) is 20.8 Å². The molecule has 1 aromatic heterocycles. The van der Waals surface area contributed by atoms with Crippen molar-refractivity contribution in [1.29, 1.82) is 0 Å². The van der Waals surface area contributed by atoms with Gasteiger partial charge in [0.25, 0.3) is 0 Å². The minimum Gasteiger partial charge on any atom is -0.396 e.